The monoisotopic (exact) mass is 460 g/mol. The number of hydrogen-bond donors (Lipinski definition) is 1. The van der Waals surface area contributed by atoms with Crippen LogP contribution in [0.25, 0.3) is 16.8 Å². The number of thioether (sulfide) groups is 1. The molecule has 0 fully saturated rings. The van der Waals surface area contributed by atoms with E-state index >= 15 is 0 Å². The standard InChI is InChI=1S/C24H32N4OS.ClH/c1-6-16(7-2)25-23-19-9-8-10-20(19)26-24-22(21(14-30-5)27-28(23)24)18-12-11-17(29-4)13-15(18)3;/h11-13,16,25H,6-10,14H2,1-5H3;1H. The van der Waals surface area contributed by atoms with Crippen LogP contribution in [0.4, 0.5) is 5.82 Å². The summed E-state index contributed by atoms with van der Waals surface area (Å²) in [5, 5.41) is 8.92. The zero-order valence-corrected chi connectivity index (χ0v) is 20.8. The molecule has 4 rings (SSSR count). The van der Waals surface area contributed by atoms with Gasteiger partial charge in [0.1, 0.15) is 11.6 Å². The van der Waals surface area contributed by atoms with Crippen molar-refractivity contribution in [3.8, 4) is 16.9 Å². The fourth-order valence-electron chi connectivity index (χ4n) is 4.47. The molecule has 168 valence electrons. The summed E-state index contributed by atoms with van der Waals surface area (Å²) in [5.41, 5.74) is 8.19. The van der Waals surface area contributed by atoms with Crippen LogP contribution in [0.1, 0.15) is 55.6 Å². The summed E-state index contributed by atoms with van der Waals surface area (Å²) in [7, 11) is 1.71. The number of methoxy groups -OCH3 is 1. The average molecular weight is 461 g/mol. The van der Waals surface area contributed by atoms with E-state index in [1.807, 2.05) is 6.07 Å². The summed E-state index contributed by atoms with van der Waals surface area (Å²) in [6, 6.07) is 6.72. The number of anilines is 1. The van der Waals surface area contributed by atoms with Gasteiger partial charge in [-0.3, -0.25) is 0 Å². The lowest BCUT2D eigenvalue weighted by Gasteiger charge is -2.20. The Bertz CT molecular complexity index is 1060. The molecule has 1 aliphatic rings. The Kier molecular flexibility index (Phi) is 7.76. The van der Waals surface area contributed by atoms with Gasteiger partial charge >= 0.3 is 0 Å². The molecule has 3 aromatic rings. The molecular weight excluding hydrogens is 428 g/mol. The van der Waals surface area contributed by atoms with Crippen LogP contribution in [0.5, 0.6) is 5.75 Å². The molecule has 0 spiro atoms. The average Bonchev–Trinajstić information content (AvgIpc) is 3.36. The number of aryl methyl sites for hydroxylation is 2. The maximum Gasteiger partial charge on any atom is 0.165 e. The third kappa shape index (κ3) is 4.37. The quantitative estimate of drug-likeness (QED) is 0.441. The van der Waals surface area contributed by atoms with Gasteiger partial charge in [0.2, 0.25) is 0 Å². The molecule has 1 aromatic carbocycles. The van der Waals surface area contributed by atoms with Crippen molar-refractivity contribution >= 4 is 35.6 Å². The van der Waals surface area contributed by atoms with E-state index < -0.39 is 0 Å². The Morgan fingerprint density at radius 1 is 1.23 bits per heavy atom. The predicted octanol–water partition coefficient (Wildman–Crippen LogP) is 6.09. The molecule has 0 unspecified atom stereocenters. The van der Waals surface area contributed by atoms with Crippen molar-refractivity contribution in [2.75, 3.05) is 18.7 Å². The van der Waals surface area contributed by atoms with Gasteiger partial charge in [-0.25, -0.2) is 4.98 Å². The maximum atomic E-state index is 5.43. The fourth-order valence-corrected chi connectivity index (χ4v) is 4.94. The van der Waals surface area contributed by atoms with E-state index in [0.717, 1.165) is 59.9 Å². The molecular formula is C24H33ClN4OS. The number of benzene rings is 1. The highest BCUT2D eigenvalue weighted by Crippen LogP contribution is 2.38. The Balaban J connectivity index is 0.00000272. The molecule has 1 N–H and O–H groups in total. The van der Waals surface area contributed by atoms with E-state index in [0.29, 0.717) is 6.04 Å². The second-order valence-electron chi connectivity index (χ2n) is 8.07. The smallest absolute Gasteiger partial charge is 0.165 e. The molecule has 0 saturated carbocycles. The van der Waals surface area contributed by atoms with Crippen molar-refractivity contribution in [2.45, 2.75) is 64.7 Å². The van der Waals surface area contributed by atoms with E-state index in [1.165, 1.54) is 28.8 Å². The lowest BCUT2D eigenvalue weighted by atomic mass is 10.0. The summed E-state index contributed by atoms with van der Waals surface area (Å²) in [6.07, 6.45) is 7.62. The van der Waals surface area contributed by atoms with E-state index in [1.54, 1.807) is 18.9 Å². The van der Waals surface area contributed by atoms with Crippen molar-refractivity contribution < 1.29 is 4.74 Å². The number of fused-ring (bicyclic) bond motifs is 2. The SMILES string of the molecule is CCC(CC)Nc1c2c(nc3c(-c4ccc(OC)cc4C)c(CSC)nn13)CCC2.Cl. The highest BCUT2D eigenvalue weighted by molar-refractivity contribution is 7.97. The molecule has 0 saturated heterocycles. The Hall–Kier alpha value is -1.92. The number of rotatable bonds is 8. The van der Waals surface area contributed by atoms with Crippen molar-refractivity contribution in [1.29, 1.82) is 0 Å². The maximum absolute atomic E-state index is 5.43. The highest BCUT2D eigenvalue weighted by Gasteiger charge is 2.26. The minimum absolute atomic E-state index is 0. The van der Waals surface area contributed by atoms with E-state index in [-0.39, 0.29) is 12.4 Å². The van der Waals surface area contributed by atoms with Crippen LogP contribution in [0.2, 0.25) is 0 Å². The van der Waals surface area contributed by atoms with Gasteiger partial charge in [0.05, 0.1) is 18.4 Å². The number of halogens is 1. The van der Waals surface area contributed by atoms with Crippen molar-refractivity contribution in [3.05, 3.63) is 40.7 Å². The zero-order valence-electron chi connectivity index (χ0n) is 19.1. The third-order valence-corrected chi connectivity index (χ3v) is 6.73. The van der Waals surface area contributed by atoms with Crippen molar-refractivity contribution in [2.24, 2.45) is 0 Å². The number of nitrogens with one attached hydrogen (secondary N) is 1. The molecule has 2 heterocycles. The molecule has 7 heteroatoms. The summed E-state index contributed by atoms with van der Waals surface area (Å²) in [5.74, 6) is 2.89. The predicted molar refractivity (Wildman–Crippen MR) is 134 cm³/mol. The Labute approximate surface area is 195 Å². The number of ether oxygens (including phenoxy) is 1. The third-order valence-electron chi connectivity index (χ3n) is 6.17. The summed E-state index contributed by atoms with van der Waals surface area (Å²) in [6.45, 7) is 6.63. The van der Waals surface area contributed by atoms with Crippen LogP contribution in [0.3, 0.4) is 0 Å². The fraction of sp³-hybridized carbons (Fsp3) is 0.500. The van der Waals surface area contributed by atoms with E-state index in [2.05, 4.69) is 49.0 Å². The van der Waals surface area contributed by atoms with Crippen LogP contribution in [0.15, 0.2) is 18.2 Å². The Morgan fingerprint density at radius 3 is 2.65 bits per heavy atom. The van der Waals surface area contributed by atoms with Gasteiger partial charge in [0, 0.05) is 23.1 Å². The van der Waals surface area contributed by atoms with E-state index in [9.17, 15) is 0 Å². The Morgan fingerprint density at radius 2 is 2.00 bits per heavy atom. The second-order valence-corrected chi connectivity index (χ2v) is 8.93. The van der Waals surface area contributed by atoms with Gasteiger partial charge in [0.15, 0.2) is 5.65 Å². The highest BCUT2D eigenvalue weighted by atomic mass is 35.5. The molecule has 1 aliphatic carbocycles. The minimum Gasteiger partial charge on any atom is -0.497 e. The number of nitrogens with zero attached hydrogens (tertiary/aromatic N) is 3. The summed E-state index contributed by atoms with van der Waals surface area (Å²) >= 11 is 1.80. The molecule has 31 heavy (non-hydrogen) atoms. The molecule has 5 nitrogen and oxygen atoms in total. The van der Waals surface area contributed by atoms with Crippen molar-refractivity contribution in [1.82, 2.24) is 14.6 Å². The first kappa shape index (κ1) is 23.7. The van der Waals surface area contributed by atoms with Gasteiger partial charge in [-0.1, -0.05) is 19.9 Å². The molecule has 0 bridgehead atoms. The first-order chi connectivity index (χ1) is 14.6. The molecule has 0 atom stereocenters. The van der Waals surface area contributed by atoms with Crippen molar-refractivity contribution in [3.63, 3.8) is 0 Å². The first-order valence-electron chi connectivity index (χ1n) is 10.9. The lowest BCUT2D eigenvalue weighted by Crippen LogP contribution is -2.21. The van der Waals surface area contributed by atoms with Gasteiger partial charge in [-0.2, -0.15) is 21.4 Å². The van der Waals surface area contributed by atoms with Gasteiger partial charge in [0.25, 0.3) is 0 Å². The normalized spacial score (nSPS) is 12.8. The van der Waals surface area contributed by atoms with Gasteiger partial charge < -0.3 is 10.1 Å². The molecule has 0 amide bonds. The van der Waals surface area contributed by atoms with Crippen LogP contribution in [0, 0.1) is 6.92 Å². The molecule has 0 aliphatic heterocycles. The molecule has 2 aromatic heterocycles. The van der Waals surface area contributed by atoms with Crippen LogP contribution < -0.4 is 10.1 Å². The topological polar surface area (TPSA) is 51.5 Å². The van der Waals surface area contributed by atoms with Crippen LogP contribution in [-0.2, 0) is 18.6 Å². The summed E-state index contributed by atoms with van der Waals surface area (Å²) in [4.78, 5) is 5.16. The lowest BCUT2D eigenvalue weighted by molar-refractivity contribution is 0.414. The molecule has 0 radical (unpaired) electrons. The minimum atomic E-state index is 0. The largest absolute Gasteiger partial charge is 0.497 e. The first-order valence-corrected chi connectivity index (χ1v) is 12.3. The van der Waals surface area contributed by atoms with Gasteiger partial charge in [-0.05, 0) is 68.5 Å². The van der Waals surface area contributed by atoms with Crippen LogP contribution in [-0.4, -0.2) is 34.0 Å². The zero-order chi connectivity index (χ0) is 21.3. The summed E-state index contributed by atoms with van der Waals surface area (Å²) < 4.78 is 7.52. The number of hydrogen-bond acceptors (Lipinski definition) is 5. The second kappa shape index (κ2) is 10.1. The van der Waals surface area contributed by atoms with Gasteiger partial charge in [-0.15, -0.1) is 12.4 Å². The number of aromatic nitrogens is 3. The van der Waals surface area contributed by atoms with E-state index in [4.69, 9.17) is 14.8 Å². The van der Waals surface area contributed by atoms with Crippen LogP contribution >= 0.6 is 24.2 Å².